The van der Waals surface area contributed by atoms with Gasteiger partial charge in [0.05, 0.1) is 17.7 Å². The molecule has 1 aromatic carbocycles. The molecule has 0 amide bonds. The highest BCUT2D eigenvalue weighted by Crippen LogP contribution is 2.36. The fraction of sp³-hybridized carbons (Fsp3) is 0.684. The van der Waals surface area contributed by atoms with Crippen LogP contribution in [0.2, 0.25) is 0 Å². The third-order valence-electron chi connectivity index (χ3n) is 5.73. The SMILES string of the molecule is CC1(C)OB(c2ccc(CN3CC(CO)CC(F)(F)C3)cc2)OC1(C)C. The van der Waals surface area contributed by atoms with Gasteiger partial charge in [-0.05, 0) is 38.7 Å². The molecule has 0 bridgehead atoms. The number of aliphatic hydroxyl groups excluding tert-OH is 1. The Hall–Kier alpha value is -1.02. The van der Waals surface area contributed by atoms with E-state index in [1.165, 1.54) is 0 Å². The molecule has 2 aliphatic rings. The summed E-state index contributed by atoms with van der Waals surface area (Å²) in [6, 6.07) is 7.73. The molecule has 4 nitrogen and oxygen atoms in total. The van der Waals surface area contributed by atoms with Crippen LogP contribution in [-0.2, 0) is 15.9 Å². The number of hydrogen-bond donors (Lipinski definition) is 1. The van der Waals surface area contributed by atoms with Gasteiger partial charge in [-0.15, -0.1) is 0 Å². The van der Waals surface area contributed by atoms with Gasteiger partial charge >= 0.3 is 7.12 Å². The minimum atomic E-state index is -2.74. The molecular weight excluding hydrogens is 339 g/mol. The second-order valence-corrected chi connectivity index (χ2v) is 8.61. The van der Waals surface area contributed by atoms with E-state index in [1.54, 1.807) is 4.90 Å². The smallest absolute Gasteiger partial charge is 0.399 e. The van der Waals surface area contributed by atoms with Crippen LogP contribution in [0.15, 0.2) is 24.3 Å². The van der Waals surface area contributed by atoms with Gasteiger partial charge in [0.1, 0.15) is 0 Å². The van der Waals surface area contributed by atoms with Crippen LogP contribution < -0.4 is 5.46 Å². The van der Waals surface area contributed by atoms with Crippen LogP contribution in [0.4, 0.5) is 8.78 Å². The second-order valence-electron chi connectivity index (χ2n) is 8.61. The van der Waals surface area contributed by atoms with Crippen LogP contribution in [0.25, 0.3) is 0 Å². The molecule has 1 atom stereocenters. The van der Waals surface area contributed by atoms with E-state index >= 15 is 0 Å². The van der Waals surface area contributed by atoms with Crippen LogP contribution in [0, 0.1) is 5.92 Å². The van der Waals surface area contributed by atoms with Gasteiger partial charge in [0.2, 0.25) is 0 Å². The van der Waals surface area contributed by atoms with E-state index < -0.39 is 24.2 Å². The first-order chi connectivity index (χ1) is 12.0. The zero-order valence-corrected chi connectivity index (χ0v) is 16.0. The Balaban J connectivity index is 1.65. The summed E-state index contributed by atoms with van der Waals surface area (Å²) in [6.45, 7) is 8.51. The largest absolute Gasteiger partial charge is 0.494 e. The molecule has 2 fully saturated rings. The molecular formula is C19H28BF2NO3. The van der Waals surface area contributed by atoms with Crippen molar-refractivity contribution >= 4 is 12.6 Å². The average molecular weight is 367 g/mol. The Morgan fingerprint density at radius 1 is 1.12 bits per heavy atom. The van der Waals surface area contributed by atoms with Crippen molar-refractivity contribution in [2.45, 2.75) is 57.8 Å². The minimum Gasteiger partial charge on any atom is -0.399 e. The topological polar surface area (TPSA) is 41.9 Å². The number of piperidine rings is 1. The molecule has 2 saturated heterocycles. The highest BCUT2D eigenvalue weighted by Gasteiger charge is 2.51. The quantitative estimate of drug-likeness (QED) is 0.831. The summed E-state index contributed by atoms with van der Waals surface area (Å²) >= 11 is 0. The molecule has 144 valence electrons. The molecule has 0 radical (unpaired) electrons. The average Bonchev–Trinajstić information content (AvgIpc) is 2.74. The molecule has 0 saturated carbocycles. The summed E-state index contributed by atoms with van der Waals surface area (Å²) in [6.07, 6.45) is -0.235. The Morgan fingerprint density at radius 3 is 2.23 bits per heavy atom. The van der Waals surface area contributed by atoms with Gasteiger partial charge in [0.15, 0.2) is 0 Å². The van der Waals surface area contributed by atoms with Gasteiger partial charge in [0, 0.05) is 32.0 Å². The summed E-state index contributed by atoms with van der Waals surface area (Å²) in [5.74, 6) is -3.11. The molecule has 0 aromatic heterocycles. The number of likely N-dealkylation sites (tertiary alicyclic amines) is 1. The standard InChI is InChI=1S/C19H28BF2NO3/c1-17(2)18(3,4)26-20(25-17)16-7-5-14(6-8-16)10-23-11-15(12-24)9-19(21,22)13-23/h5-8,15,24H,9-13H2,1-4H3. The minimum absolute atomic E-state index is 0.201. The number of rotatable bonds is 4. The Bertz CT molecular complexity index is 620. The molecule has 1 unspecified atom stereocenters. The lowest BCUT2D eigenvalue weighted by molar-refractivity contribution is -0.0940. The van der Waals surface area contributed by atoms with E-state index in [-0.39, 0.29) is 25.5 Å². The van der Waals surface area contributed by atoms with Crippen LogP contribution >= 0.6 is 0 Å². The number of aliphatic hydroxyl groups is 1. The molecule has 3 rings (SSSR count). The van der Waals surface area contributed by atoms with Gasteiger partial charge in [-0.2, -0.15) is 0 Å². The predicted octanol–water partition coefficient (Wildman–Crippen LogP) is 2.44. The Morgan fingerprint density at radius 2 is 1.69 bits per heavy atom. The number of hydrogen-bond acceptors (Lipinski definition) is 4. The summed E-state index contributed by atoms with van der Waals surface area (Å²) in [5, 5.41) is 9.26. The molecule has 7 heteroatoms. The molecule has 0 aliphatic carbocycles. The molecule has 2 aliphatic heterocycles. The fourth-order valence-corrected chi connectivity index (χ4v) is 3.57. The van der Waals surface area contributed by atoms with Crippen molar-refractivity contribution < 1.29 is 23.2 Å². The van der Waals surface area contributed by atoms with E-state index in [4.69, 9.17) is 9.31 Å². The highest BCUT2D eigenvalue weighted by atomic mass is 19.3. The van der Waals surface area contributed by atoms with Crippen LogP contribution in [0.1, 0.15) is 39.7 Å². The van der Waals surface area contributed by atoms with Crippen molar-refractivity contribution in [1.82, 2.24) is 4.90 Å². The first kappa shape index (κ1) is 19.7. The number of nitrogens with zero attached hydrogens (tertiary/aromatic N) is 1. The van der Waals surface area contributed by atoms with E-state index in [0.717, 1.165) is 11.0 Å². The lowest BCUT2D eigenvalue weighted by Crippen LogP contribution is -2.47. The summed E-state index contributed by atoms with van der Waals surface area (Å²) in [7, 11) is -0.424. The van der Waals surface area contributed by atoms with Crippen LogP contribution in [0.3, 0.4) is 0 Å². The van der Waals surface area contributed by atoms with E-state index in [0.29, 0.717) is 13.1 Å². The second kappa shape index (κ2) is 6.86. The van der Waals surface area contributed by atoms with Crippen molar-refractivity contribution in [1.29, 1.82) is 0 Å². The normalized spacial score (nSPS) is 27.7. The monoisotopic (exact) mass is 367 g/mol. The molecule has 1 N–H and O–H groups in total. The first-order valence-electron chi connectivity index (χ1n) is 9.17. The summed E-state index contributed by atoms with van der Waals surface area (Å²) < 4.78 is 39.7. The Labute approximate surface area is 154 Å². The fourth-order valence-electron chi connectivity index (χ4n) is 3.57. The van der Waals surface area contributed by atoms with Crippen molar-refractivity contribution in [2.24, 2.45) is 5.92 Å². The van der Waals surface area contributed by atoms with E-state index in [9.17, 15) is 13.9 Å². The van der Waals surface area contributed by atoms with Gasteiger partial charge in [-0.25, -0.2) is 8.78 Å². The molecule has 0 spiro atoms. The van der Waals surface area contributed by atoms with Crippen molar-refractivity contribution in [2.75, 3.05) is 19.7 Å². The van der Waals surface area contributed by atoms with Gasteiger partial charge in [-0.3, -0.25) is 4.90 Å². The zero-order chi connectivity index (χ0) is 19.2. The summed E-state index contributed by atoms with van der Waals surface area (Å²) in [5.41, 5.74) is 1.09. The van der Waals surface area contributed by atoms with Crippen molar-refractivity contribution in [3.63, 3.8) is 0 Å². The third kappa shape index (κ3) is 4.11. The molecule has 2 heterocycles. The third-order valence-corrected chi connectivity index (χ3v) is 5.73. The number of benzene rings is 1. The molecule has 26 heavy (non-hydrogen) atoms. The zero-order valence-electron chi connectivity index (χ0n) is 16.0. The first-order valence-corrected chi connectivity index (χ1v) is 9.17. The van der Waals surface area contributed by atoms with Gasteiger partial charge in [-0.1, -0.05) is 24.3 Å². The van der Waals surface area contributed by atoms with Gasteiger partial charge in [0.25, 0.3) is 5.92 Å². The summed E-state index contributed by atoms with van der Waals surface area (Å²) in [4.78, 5) is 1.72. The highest BCUT2D eigenvalue weighted by molar-refractivity contribution is 6.62. The van der Waals surface area contributed by atoms with Crippen LogP contribution in [-0.4, -0.2) is 53.9 Å². The van der Waals surface area contributed by atoms with Crippen molar-refractivity contribution in [3.05, 3.63) is 29.8 Å². The van der Waals surface area contributed by atoms with E-state index in [1.807, 2.05) is 52.0 Å². The maximum absolute atomic E-state index is 13.8. The predicted molar refractivity (Wildman–Crippen MR) is 97.6 cm³/mol. The maximum Gasteiger partial charge on any atom is 0.494 e. The van der Waals surface area contributed by atoms with Crippen LogP contribution in [0.5, 0.6) is 0 Å². The van der Waals surface area contributed by atoms with Gasteiger partial charge < -0.3 is 14.4 Å². The lowest BCUT2D eigenvalue weighted by atomic mass is 9.79. The molecule has 1 aromatic rings. The van der Waals surface area contributed by atoms with E-state index in [2.05, 4.69) is 0 Å². The number of alkyl halides is 2. The maximum atomic E-state index is 13.8. The van der Waals surface area contributed by atoms with Crippen molar-refractivity contribution in [3.8, 4) is 0 Å². The Kier molecular flexibility index (Phi) is 5.21. The lowest BCUT2D eigenvalue weighted by Gasteiger charge is -2.36. The number of halogens is 2.